The lowest BCUT2D eigenvalue weighted by molar-refractivity contribution is -0.159. The van der Waals surface area contributed by atoms with Gasteiger partial charge in [-0.2, -0.15) is 0 Å². The van der Waals surface area contributed by atoms with E-state index in [9.17, 15) is 14.7 Å². The molecule has 1 amide bonds. The summed E-state index contributed by atoms with van der Waals surface area (Å²) in [6.45, 7) is 3.40. The molecular formula is C19H21NO4. The van der Waals surface area contributed by atoms with Crippen LogP contribution in [0.15, 0.2) is 60.7 Å². The van der Waals surface area contributed by atoms with Crippen molar-refractivity contribution in [2.45, 2.75) is 32.1 Å². The minimum Gasteiger partial charge on any atom is -0.461 e. The molecule has 5 heteroatoms. The summed E-state index contributed by atoms with van der Waals surface area (Å²) in [5, 5.41) is 13.1. The molecule has 0 aliphatic carbocycles. The zero-order chi connectivity index (χ0) is 17.5. The lowest BCUT2D eigenvalue weighted by atomic mass is 10.0. The molecule has 0 fully saturated rings. The van der Waals surface area contributed by atoms with E-state index in [1.54, 1.807) is 68.4 Å². The SMILES string of the molecule is CC(C)OC(=O)[C@@H](O)[C@@H](NC(=O)c1ccccc1)c1ccccc1. The Labute approximate surface area is 141 Å². The van der Waals surface area contributed by atoms with Gasteiger partial charge in [-0.05, 0) is 31.5 Å². The van der Waals surface area contributed by atoms with Gasteiger partial charge in [-0.3, -0.25) is 4.79 Å². The van der Waals surface area contributed by atoms with Crippen LogP contribution in [-0.2, 0) is 9.53 Å². The zero-order valence-corrected chi connectivity index (χ0v) is 13.7. The van der Waals surface area contributed by atoms with Gasteiger partial charge in [0.2, 0.25) is 0 Å². The Balaban J connectivity index is 2.23. The third-order valence-electron chi connectivity index (χ3n) is 3.39. The molecule has 0 saturated carbocycles. The Hall–Kier alpha value is -2.66. The van der Waals surface area contributed by atoms with E-state index >= 15 is 0 Å². The standard InChI is InChI=1S/C19H21NO4/c1-13(2)24-19(23)17(21)16(14-9-5-3-6-10-14)20-18(22)15-11-7-4-8-12-15/h3-13,16-17,21H,1-2H3,(H,20,22)/t16-,17-/m0/s1. The first kappa shape index (κ1) is 17.7. The number of carbonyl (C=O) groups excluding carboxylic acids is 2. The van der Waals surface area contributed by atoms with Crippen LogP contribution in [0, 0.1) is 0 Å². The average Bonchev–Trinajstić information content (AvgIpc) is 2.59. The number of esters is 1. The van der Waals surface area contributed by atoms with E-state index in [2.05, 4.69) is 5.32 Å². The monoisotopic (exact) mass is 327 g/mol. The molecule has 0 spiro atoms. The molecular weight excluding hydrogens is 306 g/mol. The van der Waals surface area contributed by atoms with Crippen molar-refractivity contribution >= 4 is 11.9 Å². The van der Waals surface area contributed by atoms with Crippen molar-refractivity contribution in [3.63, 3.8) is 0 Å². The first-order valence-corrected chi connectivity index (χ1v) is 7.78. The molecule has 0 unspecified atom stereocenters. The van der Waals surface area contributed by atoms with Gasteiger partial charge in [-0.25, -0.2) is 4.79 Å². The maximum Gasteiger partial charge on any atom is 0.337 e. The van der Waals surface area contributed by atoms with Crippen LogP contribution in [0.2, 0.25) is 0 Å². The fourth-order valence-electron chi connectivity index (χ4n) is 2.26. The van der Waals surface area contributed by atoms with Gasteiger partial charge in [0.15, 0.2) is 6.10 Å². The molecule has 0 radical (unpaired) electrons. The lowest BCUT2D eigenvalue weighted by Gasteiger charge is -2.24. The summed E-state index contributed by atoms with van der Waals surface area (Å²) in [7, 11) is 0. The summed E-state index contributed by atoms with van der Waals surface area (Å²) in [4.78, 5) is 24.5. The fraction of sp³-hybridized carbons (Fsp3) is 0.263. The van der Waals surface area contributed by atoms with Gasteiger partial charge in [0, 0.05) is 5.56 Å². The van der Waals surface area contributed by atoms with Crippen LogP contribution in [0.1, 0.15) is 35.8 Å². The van der Waals surface area contributed by atoms with Crippen LogP contribution in [-0.4, -0.2) is 29.2 Å². The van der Waals surface area contributed by atoms with Crippen molar-refractivity contribution in [1.82, 2.24) is 5.32 Å². The number of hydrogen-bond acceptors (Lipinski definition) is 4. The van der Waals surface area contributed by atoms with Crippen molar-refractivity contribution in [2.24, 2.45) is 0 Å². The van der Waals surface area contributed by atoms with E-state index in [1.807, 2.05) is 6.07 Å². The number of aliphatic hydroxyl groups is 1. The van der Waals surface area contributed by atoms with Crippen LogP contribution in [0.25, 0.3) is 0 Å². The number of nitrogens with one attached hydrogen (secondary N) is 1. The number of carbonyl (C=O) groups is 2. The van der Waals surface area contributed by atoms with Crippen LogP contribution in [0.5, 0.6) is 0 Å². The Morgan fingerprint density at radius 1 is 0.958 bits per heavy atom. The van der Waals surface area contributed by atoms with Gasteiger partial charge in [-0.1, -0.05) is 48.5 Å². The molecule has 24 heavy (non-hydrogen) atoms. The van der Waals surface area contributed by atoms with Crippen molar-refractivity contribution in [1.29, 1.82) is 0 Å². The van der Waals surface area contributed by atoms with E-state index in [0.29, 0.717) is 11.1 Å². The third-order valence-corrected chi connectivity index (χ3v) is 3.39. The molecule has 0 bridgehead atoms. The molecule has 0 aliphatic rings. The average molecular weight is 327 g/mol. The van der Waals surface area contributed by atoms with Crippen molar-refractivity contribution in [3.05, 3.63) is 71.8 Å². The minimum absolute atomic E-state index is 0.353. The fourth-order valence-corrected chi connectivity index (χ4v) is 2.26. The van der Waals surface area contributed by atoms with Gasteiger partial charge in [0.1, 0.15) is 0 Å². The number of rotatable bonds is 6. The quantitative estimate of drug-likeness (QED) is 0.799. The smallest absolute Gasteiger partial charge is 0.337 e. The van der Waals surface area contributed by atoms with E-state index < -0.39 is 18.1 Å². The van der Waals surface area contributed by atoms with Gasteiger partial charge in [0.05, 0.1) is 12.1 Å². The van der Waals surface area contributed by atoms with E-state index in [4.69, 9.17) is 4.74 Å². The number of ether oxygens (including phenoxy) is 1. The van der Waals surface area contributed by atoms with E-state index in [1.165, 1.54) is 0 Å². The van der Waals surface area contributed by atoms with Crippen LogP contribution in [0.4, 0.5) is 0 Å². The molecule has 0 saturated heterocycles. The van der Waals surface area contributed by atoms with Gasteiger partial charge in [-0.15, -0.1) is 0 Å². The highest BCUT2D eigenvalue weighted by Gasteiger charge is 2.31. The molecule has 0 aromatic heterocycles. The highest BCUT2D eigenvalue weighted by molar-refractivity contribution is 5.94. The van der Waals surface area contributed by atoms with Crippen molar-refractivity contribution in [3.8, 4) is 0 Å². The Kier molecular flexibility index (Phi) is 6.09. The largest absolute Gasteiger partial charge is 0.461 e. The maximum atomic E-state index is 12.4. The summed E-state index contributed by atoms with van der Waals surface area (Å²) in [5.74, 6) is -1.15. The summed E-state index contributed by atoms with van der Waals surface area (Å²) in [6.07, 6.45) is -1.85. The van der Waals surface area contributed by atoms with Crippen LogP contribution in [0.3, 0.4) is 0 Å². The number of hydrogen-bond donors (Lipinski definition) is 2. The van der Waals surface area contributed by atoms with Crippen LogP contribution >= 0.6 is 0 Å². The molecule has 126 valence electrons. The number of benzene rings is 2. The number of amides is 1. The molecule has 5 nitrogen and oxygen atoms in total. The van der Waals surface area contributed by atoms with Gasteiger partial charge < -0.3 is 15.2 Å². The van der Waals surface area contributed by atoms with E-state index in [0.717, 1.165) is 0 Å². The predicted molar refractivity (Wildman–Crippen MR) is 90.3 cm³/mol. The third kappa shape index (κ3) is 4.67. The molecule has 0 heterocycles. The summed E-state index contributed by atoms with van der Waals surface area (Å²) in [5.41, 5.74) is 1.07. The van der Waals surface area contributed by atoms with Gasteiger partial charge >= 0.3 is 5.97 Å². The predicted octanol–water partition coefficient (Wildman–Crippen LogP) is 2.47. The Morgan fingerprint density at radius 2 is 1.50 bits per heavy atom. The summed E-state index contributed by atoms with van der Waals surface area (Å²) in [6, 6.07) is 16.6. The first-order chi connectivity index (χ1) is 11.5. The van der Waals surface area contributed by atoms with Crippen LogP contribution < -0.4 is 5.32 Å². The Bertz CT molecular complexity index is 670. The Morgan fingerprint density at radius 3 is 2.04 bits per heavy atom. The number of aliphatic hydroxyl groups excluding tert-OH is 1. The van der Waals surface area contributed by atoms with Crippen molar-refractivity contribution in [2.75, 3.05) is 0 Å². The van der Waals surface area contributed by atoms with Gasteiger partial charge in [0.25, 0.3) is 5.91 Å². The van der Waals surface area contributed by atoms with Crippen molar-refractivity contribution < 1.29 is 19.4 Å². The summed E-state index contributed by atoms with van der Waals surface area (Å²) < 4.78 is 5.06. The highest BCUT2D eigenvalue weighted by Crippen LogP contribution is 2.19. The minimum atomic E-state index is -1.50. The first-order valence-electron chi connectivity index (χ1n) is 7.78. The highest BCUT2D eigenvalue weighted by atomic mass is 16.6. The molecule has 0 aliphatic heterocycles. The maximum absolute atomic E-state index is 12.4. The lowest BCUT2D eigenvalue weighted by Crippen LogP contribution is -2.41. The molecule has 2 atom stereocenters. The molecule has 2 aromatic rings. The summed E-state index contributed by atoms with van der Waals surface area (Å²) >= 11 is 0. The molecule has 2 rings (SSSR count). The topological polar surface area (TPSA) is 75.6 Å². The van der Waals surface area contributed by atoms with E-state index in [-0.39, 0.29) is 12.0 Å². The second kappa shape index (κ2) is 8.26. The molecule has 2 N–H and O–H groups in total. The second-order valence-electron chi connectivity index (χ2n) is 5.66. The zero-order valence-electron chi connectivity index (χ0n) is 13.7. The second-order valence-corrected chi connectivity index (χ2v) is 5.66. The normalized spacial score (nSPS) is 13.2. The molecule has 2 aromatic carbocycles.